The molecule has 0 bridgehead atoms. The Kier molecular flexibility index (Phi) is 4.27. The standard InChI is InChI=1S/C16H15Cl2NS/c1-19-16(11-6-7-12(17)13(18)8-11)15-9-10-4-2-3-5-14(10)20-15/h2-8,15-16,19H,9H2,1H3. The third-order valence-electron chi connectivity index (χ3n) is 3.66. The first kappa shape index (κ1) is 14.3. The van der Waals surface area contributed by atoms with Gasteiger partial charge >= 0.3 is 0 Å². The number of thioether (sulfide) groups is 1. The van der Waals surface area contributed by atoms with E-state index in [9.17, 15) is 0 Å². The van der Waals surface area contributed by atoms with E-state index < -0.39 is 0 Å². The number of benzene rings is 2. The van der Waals surface area contributed by atoms with Crippen LogP contribution in [0, 0.1) is 0 Å². The van der Waals surface area contributed by atoms with E-state index in [0.717, 1.165) is 6.42 Å². The van der Waals surface area contributed by atoms with Crippen LogP contribution in [0.4, 0.5) is 0 Å². The van der Waals surface area contributed by atoms with E-state index in [-0.39, 0.29) is 6.04 Å². The molecule has 3 rings (SSSR count). The van der Waals surface area contributed by atoms with Gasteiger partial charge < -0.3 is 5.32 Å². The summed E-state index contributed by atoms with van der Waals surface area (Å²) in [5.74, 6) is 0. The molecule has 0 fully saturated rings. The number of rotatable bonds is 3. The van der Waals surface area contributed by atoms with Crippen LogP contribution in [0.25, 0.3) is 0 Å². The van der Waals surface area contributed by atoms with E-state index >= 15 is 0 Å². The molecule has 0 saturated heterocycles. The molecule has 2 unspecified atom stereocenters. The van der Waals surface area contributed by atoms with Crippen molar-refractivity contribution in [3.05, 3.63) is 63.6 Å². The maximum atomic E-state index is 6.14. The molecular weight excluding hydrogens is 309 g/mol. The lowest BCUT2D eigenvalue weighted by Crippen LogP contribution is -2.27. The van der Waals surface area contributed by atoms with Crippen LogP contribution in [-0.4, -0.2) is 12.3 Å². The molecule has 0 aliphatic carbocycles. The monoisotopic (exact) mass is 323 g/mol. The first-order valence-corrected chi connectivity index (χ1v) is 8.19. The molecule has 0 spiro atoms. The predicted molar refractivity (Wildman–Crippen MR) is 88.1 cm³/mol. The van der Waals surface area contributed by atoms with Gasteiger partial charge in [-0.1, -0.05) is 47.5 Å². The average Bonchev–Trinajstić information content (AvgIpc) is 2.87. The van der Waals surface area contributed by atoms with Crippen LogP contribution in [0.15, 0.2) is 47.4 Å². The Balaban J connectivity index is 1.87. The van der Waals surface area contributed by atoms with Gasteiger partial charge in [-0.2, -0.15) is 0 Å². The third-order valence-corrected chi connectivity index (χ3v) is 5.79. The molecule has 4 heteroatoms. The predicted octanol–water partition coefficient (Wildman–Crippen LogP) is 4.97. The van der Waals surface area contributed by atoms with E-state index in [1.54, 1.807) is 0 Å². The van der Waals surface area contributed by atoms with Crippen LogP contribution in [0.3, 0.4) is 0 Å². The van der Waals surface area contributed by atoms with Gasteiger partial charge in [-0.3, -0.25) is 0 Å². The second-order valence-corrected chi connectivity index (χ2v) is 7.00. The largest absolute Gasteiger partial charge is 0.312 e. The molecule has 1 nitrogen and oxygen atoms in total. The minimum absolute atomic E-state index is 0.266. The summed E-state index contributed by atoms with van der Waals surface area (Å²) in [6.45, 7) is 0. The van der Waals surface area contributed by atoms with Gasteiger partial charge in [0.25, 0.3) is 0 Å². The Morgan fingerprint density at radius 2 is 1.95 bits per heavy atom. The Bertz CT molecular complexity index is 605. The minimum atomic E-state index is 0.266. The van der Waals surface area contributed by atoms with Crippen molar-refractivity contribution >= 4 is 35.0 Å². The fourth-order valence-corrected chi connectivity index (χ4v) is 4.45. The van der Waals surface area contributed by atoms with Crippen molar-refractivity contribution in [1.82, 2.24) is 5.32 Å². The zero-order valence-corrected chi connectivity index (χ0v) is 13.4. The molecule has 2 aromatic carbocycles. The number of nitrogens with one attached hydrogen (secondary N) is 1. The molecule has 0 amide bonds. The summed E-state index contributed by atoms with van der Waals surface area (Å²) < 4.78 is 0. The Morgan fingerprint density at radius 1 is 1.15 bits per heavy atom. The second-order valence-electron chi connectivity index (χ2n) is 4.91. The Morgan fingerprint density at radius 3 is 2.65 bits per heavy atom. The van der Waals surface area contributed by atoms with Crippen molar-refractivity contribution in [1.29, 1.82) is 0 Å². The van der Waals surface area contributed by atoms with Crippen molar-refractivity contribution in [2.75, 3.05) is 7.05 Å². The van der Waals surface area contributed by atoms with Gasteiger partial charge in [-0.15, -0.1) is 11.8 Å². The highest BCUT2D eigenvalue weighted by molar-refractivity contribution is 8.00. The van der Waals surface area contributed by atoms with Gasteiger partial charge in [0.15, 0.2) is 0 Å². The van der Waals surface area contributed by atoms with Crippen LogP contribution in [0.5, 0.6) is 0 Å². The first-order chi connectivity index (χ1) is 9.69. The summed E-state index contributed by atoms with van der Waals surface area (Å²) in [6, 6.07) is 14.8. The third kappa shape index (κ3) is 2.71. The fourth-order valence-electron chi connectivity index (χ4n) is 2.67. The summed E-state index contributed by atoms with van der Waals surface area (Å²) >= 11 is 14.1. The van der Waals surface area contributed by atoms with Gasteiger partial charge in [-0.25, -0.2) is 0 Å². The molecule has 1 aliphatic rings. The topological polar surface area (TPSA) is 12.0 Å². The van der Waals surface area contributed by atoms with E-state index in [4.69, 9.17) is 23.2 Å². The molecule has 2 atom stereocenters. The lowest BCUT2D eigenvalue weighted by atomic mass is 9.99. The molecular formula is C16H15Cl2NS. The number of hydrogen-bond acceptors (Lipinski definition) is 2. The van der Waals surface area contributed by atoms with Gasteiger partial charge in [0, 0.05) is 16.2 Å². The highest BCUT2D eigenvalue weighted by Crippen LogP contribution is 2.43. The second kappa shape index (κ2) is 5.98. The van der Waals surface area contributed by atoms with Crippen LogP contribution in [-0.2, 0) is 6.42 Å². The van der Waals surface area contributed by atoms with Crippen LogP contribution in [0.1, 0.15) is 17.2 Å². The Hall–Kier alpha value is -0.670. The van der Waals surface area contributed by atoms with E-state index in [0.29, 0.717) is 15.3 Å². The van der Waals surface area contributed by atoms with E-state index in [1.807, 2.05) is 30.9 Å². The highest BCUT2D eigenvalue weighted by Gasteiger charge is 2.29. The van der Waals surface area contributed by atoms with Crippen LogP contribution >= 0.6 is 35.0 Å². The summed E-state index contributed by atoms with van der Waals surface area (Å²) in [4.78, 5) is 1.39. The quantitative estimate of drug-likeness (QED) is 0.855. The molecule has 0 radical (unpaired) electrons. The molecule has 0 saturated carbocycles. The number of halogens is 2. The lowest BCUT2D eigenvalue weighted by Gasteiger charge is -2.23. The van der Waals surface area contributed by atoms with Crippen molar-refractivity contribution in [2.45, 2.75) is 22.6 Å². The maximum Gasteiger partial charge on any atom is 0.0595 e. The van der Waals surface area contributed by atoms with Crippen molar-refractivity contribution in [3.8, 4) is 0 Å². The number of fused-ring (bicyclic) bond motifs is 1. The minimum Gasteiger partial charge on any atom is -0.312 e. The highest BCUT2D eigenvalue weighted by atomic mass is 35.5. The molecule has 0 aromatic heterocycles. The molecule has 2 aromatic rings. The summed E-state index contributed by atoms with van der Waals surface area (Å²) in [7, 11) is 2.00. The maximum absolute atomic E-state index is 6.14. The summed E-state index contributed by atoms with van der Waals surface area (Å²) in [6.07, 6.45) is 1.08. The smallest absolute Gasteiger partial charge is 0.0595 e. The van der Waals surface area contributed by atoms with E-state index in [2.05, 4.69) is 35.6 Å². The average molecular weight is 324 g/mol. The van der Waals surface area contributed by atoms with Gasteiger partial charge in [0.05, 0.1) is 10.0 Å². The van der Waals surface area contributed by atoms with Gasteiger partial charge in [0.1, 0.15) is 0 Å². The zero-order chi connectivity index (χ0) is 14.1. The first-order valence-electron chi connectivity index (χ1n) is 6.56. The van der Waals surface area contributed by atoms with E-state index in [1.165, 1.54) is 16.0 Å². The van der Waals surface area contributed by atoms with Crippen LogP contribution in [0.2, 0.25) is 10.0 Å². The van der Waals surface area contributed by atoms with Gasteiger partial charge in [0.2, 0.25) is 0 Å². The van der Waals surface area contributed by atoms with Crippen molar-refractivity contribution in [2.24, 2.45) is 0 Å². The van der Waals surface area contributed by atoms with Crippen molar-refractivity contribution in [3.63, 3.8) is 0 Å². The SMILES string of the molecule is CNC(c1ccc(Cl)c(Cl)c1)C1Cc2ccccc2S1. The summed E-state index contributed by atoms with van der Waals surface area (Å²) in [5.41, 5.74) is 2.62. The molecule has 20 heavy (non-hydrogen) atoms. The van der Waals surface area contributed by atoms with Crippen molar-refractivity contribution < 1.29 is 0 Å². The van der Waals surface area contributed by atoms with Crippen LogP contribution < -0.4 is 5.32 Å². The fraction of sp³-hybridized carbons (Fsp3) is 0.250. The lowest BCUT2D eigenvalue weighted by molar-refractivity contribution is 0.568. The Labute approximate surface area is 133 Å². The number of hydrogen-bond donors (Lipinski definition) is 1. The van der Waals surface area contributed by atoms with Gasteiger partial charge in [-0.05, 0) is 42.8 Å². The molecule has 1 heterocycles. The normalized spacial score (nSPS) is 18.9. The zero-order valence-electron chi connectivity index (χ0n) is 11.1. The molecule has 1 aliphatic heterocycles. The summed E-state index contributed by atoms with van der Waals surface area (Å²) in [5, 5.41) is 5.12. The molecule has 104 valence electrons. The molecule has 1 N–H and O–H groups in total.